The molecule has 0 bridgehead atoms. The van der Waals surface area contributed by atoms with Crippen LogP contribution in [-0.4, -0.2) is 72.5 Å². The molecule has 29 heavy (non-hydrogen) atoms. The van der Waals surface area contributed by atoms with Gasteiger partial charge in [-0.3, -0.25) is 4.79 Å². The van der Waals surface area contributed by atoms with Crippen LogP contribution in [0.4, 0.5) is 5.82 Å². The van der Waals surface area contributed by atoms with Crippen molar-refractivity contribution in [3.05, 3.63) is 53.6 Å². The second kappa shape index (κ2) is 8.35. The highest BCUT2D eigenvalue weighted by atomic mass is 35.5. The van der Waals surface area contributed by atoms with Crippen LogP contribution in [0.2, 0.25) is 5.02 Å². The molecule has 1 aromatic heterocycles. The second-order valence-corrected chi connectivity index (χ2v) is 7.88. The smallest absolute Gasteiger partial charge is 0.236 e. The minimum Gasteiger partial charge on any atom is -0.352 e. The van der Waals surface area contributed by atoms with Gasteiger partial charge in [-0.05, 0) is 38.4 Å². The molecule has 6 nitrogen and oxygen atoms in total. The fraction of sp³-hybridized carbons (Fsp3) is 0.318. The third-order valence-electron chi connectivity index (χ3n) is 5.08. The van der Waals surface area contributed by atoms with Crippen molar-refractivity contribution in [1.29, 1.82) is 0 Å². The molecule has 1 amide bonds. The van der Waals surface area contributed by atoms with Crippen LogP contribution in [0.15, 0.2) is 48.5 Å². The third-order valence-corrected chi connectivity index (χ3v) is 5.41. The van der Waals surface area contributed by atoms with Gasteiger partial charge in [0, 0.05) is 37.1 Å². The highest BCUT2D eigenvalue weighted by Crippen LogP contribution is 2.31. The zero-order chi connectivity index (χ0) is 20.4. The number of piperazine rings is 1. The molecule has 0 N–H and O–H groups in total. The minimum atomic E-state index is 0.166. The van der Waals surface area contributed by atoms with Gasteiger partial charge < -0.3 is 14.7 Å². The molecular formula is C22H24ClN5O. The van der Waals surface area contributed by atoms with E-state index in [4.69, 9.17) is 21.6 Å². The van der Waals surface area contributed by atoms with Crippen LogP contribution < -0.4 is 4.90 Å². The summed E-state index contributed by atoms with van der Waals surface area (Å²) in [6, 6.07) is 15.7. The number of anilines is 1. The van der Waals surface area contributed by atoms with Gasteiger partial charge in [-0.25, -0.2) is 9.97 Å². The number of carbonyl (C=O) groups is 1. The number of likely N-dealkylation sites (N-methyl/N-ethyl adjacent to an activating group) is 1. The van der Waals surface area contributed by atoms with E-state index in [9.17, 15) is 4.79 Å². The summed E-state index contributed by atoms with van der Waals surface area (Å²) in [6.07, 6.45) is 0. The number of carbonyl (C=O) groups excluding carboxylic acids is 1. The van der Waals surface area contributed by atoms with Crippen LogP contribution in [0.5, 0.6) is 0 Å². The maximum Gasteiger partial charge on any atom is 0.236 e. The van der Waals surface area contributed by atoms with E-state index in [2.05, 4.69) is 4.90 Å². The van der Waals surface area contributed by atoms with Gasteiger partial charge in [0.2, 0.25) is 5.91 Å². The largest absolute Gasteiger partial charge is 0.352 e. The zero-order valence-electron chi connectivity index (χ0n) is 16.7. The Morgan fingerprint density at radius 1 is 1.00 bits per heavy atom. The van der Waals surface area contributed by atoms with Gasteiger partial charge in [-0.15, -0.1) is 0 Å². The van der Waals surface area contributed by atoms with Crippen LogP contribution in [0.25, 0.3) is 22.3 Å². The normalized spacial score (nSPS) is 14.6. The summed E-state index contributed by atoms with van der Waals surface area (Å²) in [7, 11) is 3.83. The number of hydrogen-bond donors (Lipinski definition) is 0. The number of aromatic nitrogens is 2. The second-order valence-electron chi connectivity index (χ2n) is 7.47. The molecular weight excluding hydrogens is 386 g/mol. The van der Waals surface area contributed by atoms with Gasteiger partial charge in [0.15, 0.2) is 5.82 Å². The predicted molar refractivity (Wildman–Crippen MR) is 117 cm³/mol. The molecule has 0 aliphatic carbocycles. The van der Waals surface area contributed by atoms with Gasteiger partial charge >= 0.3 is 0 Å². The molecule has 0 spiro atoms. The highest BCUT2D eigenvalue weighted by molar-refractivity contribution is 6.33. The van der Waals surface area contributed by atoms with Crippen LogP contribution >= 0.6 is 11.6 Å². The Labute approximate surface area is 175 Å². The Morgan fingerprint density at radius 3 is 2.41 bits per heavy atom. The van der Waals surface area contributed by atoms with Gasteiger partial charge in [0.05, 0.1) is 17.1 Å². The molecule has 2 aromatic carbocycles. The first-order valence-electron chi connectivity index (χ1n) is 9.72. The number of nitrogens with zero attached hydrogens (tertiary/aromatic N) is 5. The summed E-state index contributed by atoms with van der Waals surface area (Å²) in [5, 5.41) is 1.64. The minimum absolute atomic E-state index is 0.166. The Kier molecular flexibility index (Phi) is 5.65. The monoisotopic (exact) mass is 409 g/mol. The fourth-order valence-corrected chi connectivity index (χ4v) is 3.82. The molecule has 2 heterocycles. The number of hydrogen-bond acceptors (Lipinski definition) is 5. The number of rotatable bonds is 4. The molecule has 0 unspecified atom stereocenters. The average molecular weight is 410 g/mol. The lowest BCUT2D eigenvalue weighted by atomic mass is 10.1. The highest BCUT2D eigenvalue weighted by Gasteiger charge is 2.24. The van der Waals surface area contributed by atoms with Gasteiger partial charge in [-0.1, -0.05) is 35.9 Å². The average Bonchev–Trinajstić information content (AvgIpc) is 2.73. The first kappa shape index (κ1) is 19.6. The summed E-state index contributed by atoms with van der Waals surface area (Å²) >= 11 is 6.40. The zero-order valence-corrected chi connectivity index (χ0v) is 17.4. The lowest BCUT2D eigenvalue weighted by Crippen LogP contribution is -2.51. The standard InChI is InChI=1S/C22H24ClN5O/c1-26(2)15-20(29)27-11-13-28(14-12-27)22-17-8-4-6-10-19(17)24-21(25-22)16-7-3-5-9-18(16)23/h3-10H,11-15H2,1-2H3. The maximum absolute atomic E-state index is 12.4. The van der Waals surface area contributed by atoms with E-state index in [-0.39, 0.29) is 5.91 Å². The molecule has 0 atom stereocenters. The number of para-hydroxylation sites is 1. The van der Waals surface area contributed by atoms with Crippen LogP contribution in [0, 0.1) is 0 Å². The van der Waals surface area contributed by atoms with Gasteiger partial charge in [-0.2, -0.15) is 0 Å². The van der Waals surface area contributed by atoms with Crippen molar-refractivity contribution >= 4 is 34.2 Å². The van der Waals surface area contributed by atoms with Crippen LogP contribution in [-0.2, 0) is 4.79 Å². The van der Waals surface area contributed by atoms with Crippen LogP contribution in [0.1, 0.15) is 0 Å². The Bertz CT molecular complexity index is 1030. The molecule has 0 radical (unpaired) electrons. The summed E-state index contributed by atoms with van der Waals surface area (Å²) in [5.41, 5.74) is 1.71. The van der Waals surface area contributed by atoms with Crippen molar-refractivity contribution in [2.45, 2.75) is 0 Å². The number of benzene rings is 2. The lowest BCUT2D eigenvalue weighted by Gasteiger charge is -2.36. The molecule has 1 aliphatic heterocycles. The third kappa shape index (κ3) is 4.18. The summed E-state index contributed by atoms with van der Waals surface area (Å²) in [6.45, 7) is 3.29. The summed E-state index contributed by atoms with van der Waals surface area (Å²) < 4.78 is 0. The van der Waals surface area contributed by atoms with E-state index < -0.39 is 0 Å². The molecule has 0 saturated carbocycles. The van der Waals surface area contributed by atoms with E-state index in [1.165, 1.54) is 0 Å². The molecule has 3 aromatic rings. The first-order valence-corrected chi connectivity index (χ1v) is 10.1. The SMILES string of the molecule is CN(C)CC(=O)N1CCN(c2nc(-c3ccccc3Cl)nc3ccccc23)CC1. The van der Waals surface area contributed by atoms with E-state index in [1.54, 1.807) is 0 Å². The van der Waals surface area contributed by atoms with E-state index in [0.29, 0.717) is 30.5 Å². The van der Waals surface area contributed by atoms with E-state index in [1.807, 2.05) is 72.4 Å². The van der Waals surface area contributed by atoms with Crippen LogP contribution in [0.3, 0.4) is 0 Å². The van der Waals surface area contributed by atoms with Gasteiger partial charge in [0.25, 0.3) is 0 Å². The first-order chi connectivity index (χ1) is 14.0. The van der Waals surface area contributed by atoms with E-state index >= 15 is 0 Å². The Morgan fingerprint density at radius 2 is 1.69 bits per heavy atom. The lowest BCUT2D eigenvalue weighted by molar-refractivity contribution is -0.132. The fourth-order valence-electron chi connectivity index (χ4n) is 3.60. The summed E-state index contributed by atoms with van der Waals surface area (Å²) in [5.74, 6) is 1.68. The molecule has 150 valence electrons. The van der Waals surface area contributed by atoms with Crippen molar-refractivity contribution < 1.29 is 4.79 Å². The number of fused-ring (bicyclic) bond motifs is 1. The molecule has 1 fully saturated rings. The van der Waals surface area contributed by atoms with Crippen molar-refractivity contribution in [1.82, 2.24) is 19.8 Å². The number of halogens is 1. The quantitative estimate of drug-likeness (QED) is 0.662. The predicted octanol–water partition coefficient (Wildman–Crippen LogP) is 3.16. The van der Waals surface area contributed by atoms with Gasteiger partial charge in [0.1, 0.15) is 5.82 Å². The maximum atomic E-state index is 12.4. The number of amides is 1. The Hall–Kier alpha value is -2.70. The van der Waals surface area contributed by atoms with Crippen molar-refractivity contribution in [3.8, 4) is 11.4 Å². The molecule has 1 aliphatic rings. The molecule has 1 saturated heterocycles. The van der Waals surface area contributed by atoms with Crippen molar-refractivity contribution in [3.63, 3.8) is 0 Å². The Balaban J connectivity index is 1.65. The van der Waals surface area contributed by atoms with Crippen molar-refractivity contribution in [2.24, 2.45) is 0 Å². The van der Waals surface area contributed by atoms with Crippen molar-refractivity contribution in [2.75, 3.05) is 51.7 Å². The summed E-state index contributed by atoms with van der Waals surface area (Å²) in [4.78, 5) is 28.1. The molecule has 7 heteroatoms. The molecule has 4 rings (SSSR count). The topological polar surface area (TPSA) is 52.6 Å². The van der Waals surface area contributed by atoms with E-state index in [0.717, 1.165) is 35.4 Å².